The van der Waals surface area contributed by atoms with Crippen LogP contribution in [0.2, 0.25) is 0 Å². The Labute approximate surface area is 164 Å². The van der Waals surface area contributed by atoms with Crippen molar-refractivity contribution in [1.82, 2.24) is 4.98 Å². The Morgan fingerprint density at radius 2 is 2.07 bits per heavy atom. The molecule has 4 rings (SSSR count). The van der Waals surface area contributed by atoms with Gasteiger partial charge in [0.2, 0.25) is 0 Å². The summed E-state index contributed by atoms with van der Waals surface area (Å²) in [5, 5.41) is 10.0. The standard InChI is InChI=1S/C23H22N4O/c1-14-8-9-17(15(2)11-14)21-18(12-24)23(25)27(16-5-4-10-26-13-16)19-6-3-7-20(28)22(19)21/h4-5,8-11,13,21H,3,6-7,25H2,1-2H3/t21-/m1/s1. The average molecular weight is 370 g/mol. The fourth-order valence-corrected chi connectivity index (χ4v) is 4.33. The fraction of sp³-hybridized carbons (Fsp3) is 0.261. The summed E-state index contributed by atoms with van der Waals surface area (Å²) in [6.45, 7) is 4.06. The lowest BCUT2D eigenvalue weighted by Gasteiger charge is -2.39. The molecule has 0 saturated heterocycles. The SMILES string of the molecule is Cc1ccc([C@@H]2C(C#N)=C(N)N(c3cccnc3)C3=C2C(=O)CCC3)c(C)c1. The summed E-state index contributed by atoms with van der Waals surface area (Å²) in [5.74, 6) is 0.0654. The second-order valence-corrected chi connectivity index (χ2v) is 7.39. The van der Waals surface area contributed by atoms with Crippen LogP contribution in [0.4, 0.5) is 5.69 Å². The first-order valence-corrected chi connectivity index (χ1v) is 9.46. The van der Waals surface area contributed by atoms with E-state index in [0.717, 1.165) is 40.9 Å². The van der Waals surface area contributed by atoms with E-state index < -0.39 is 5.92 Å². The molecule has 2 N–H and O–H groups in total. The first-order valence-electron chi connectivity index (χ1n) is 9.46. The Morgan fingerprint density at radius 3 is 2.75 bits per heavy atom. The molecule has 1 aromatic carbocycles. The van der Waals surface area contributed by atoms with E-state index >= 15 is 0 Å². The molecule has 0 fully saturated rings. The molecule has 140 valence electrons. The lowest BCUT2D eigenvalue weighted by atomic mass is 9.74. The number of nitrogens with zero attached hydrogens (tertiary/aromatic N) is 3. The van der Waals surface area contributed by atoms with Crippen molar-refractivity contribution in [1.29, 1.82) is 5.26 Å². The number of pyridine rings is 1. The van der Waals surface area contributed by atoms with E-state index in [4.69, 9.17) is 5.73 Å². The number of hydrogen-bond donors (Lipinski definition) is 1. The molecule has 1 aromatic heterocycles. The first-order chi connectivity index (χ1) is 13.5. The minimum Gasteiger partial charge on any atom is -0.384 e. The number of rotatable bonds is 2. The zero-order valence-electron chi connectivity index (χ0n) is 16.1. The number of aromatic nitrogens is 1. The van der Waals surface area contributed by atoms with Crippen molar-refractivity contribution < 1.29 is 4.79 Å². The van der Waals surface area contributed by atoms with Crippen LogP contribution in [0, 0.1) is 25.2 Å². The fourth-order valence-electron chi connectivity index (χ4n) is 4.33. The van der Waals surface area contributed by atoms with Crippen LogP contribution in [0.5, 0.6) is 0 Å². The number of nitrogens with two attached hydrogens (primary N) is 1. The van der Waals surface area contributed by atoms with Crippen LogP contribution >= 0.6 is 0 Å². The predicted molar refractivity (Wildman–Crippen MR) is 108 cm³/mol. The molecule has 2 heterocycles. The van der Waals surface area contributed by atoms with Gasteiger partial charge in [-0.1, -0.05) is 23.8 Å². The van der Waals surface area contributed by atoms with Crippen LogP contribution < -0.4 is 10.6 Å². The third-order valence-electron chi connectivity index (χ3n) is 5.55. The molecule has 0 bridgehead atoms. The highest BCUT2D eigenvalue weighted by molar-refractivity contribution is 6.01. The molecule has 0 saturated carbocycles. The van der Waals surface area contributed by atoms with Gasteiger partial charge in [-0.25, -0.2) is 0 Å². The van der Waals surface area contributed by atoms with Crippen molar-refractivity contribution in [2.45, 2.75) is 39.0 Å². The molecule has 2 aromatic rings. The highest BCUT2D eigenvalue weighted by Gasteiger charge is 2.40. The van der Waals surface area contributed by atoms with Gasteiger partial charge in [0, 0.05) is 23.9 Å². The summed E-state index contributed by atoms with van der Waals surface area (Å²) < 4.78 is 0. The summed E-state index contributed by atoms with van der Waals surface area (Å²) in [5.41, 5.74) is 12.5. The van der Waals surface area contributed by atoms with E-state index in [1.54, 1.807) is 12.4 Å². The predicted octanol–water partition coefficient (Wildman–Crippen LogP) is 4.00. The van der Waals surface area contributed by atoms with E-state index in [2.05, 4.69) is 17.1 Å². The van der Waals surface area contributed by atoms with E-state index in [9.17, 15) is 10.1 Å². The zero-order chi connectivity index (χ0) is 19.8. The summed E-state index contributed by atoms with van der Waals surface area (Å²) in [4.78, 5) is 19.1. The van der Waals surface area contributed by atoms with Gasteiger partial charge in [0.1, 0.15) is 5.82 Å². The quantitative estimate of drug-likeness (QED) is 0.864. The number of ketones is 1. The molecular formula is C23H22N4O. The third kappa shape index (κ3) is 2.78. The second kappa shape index (κ2) is 6.97. The summed E-state index contributed by atoms with van der Waals surface area (Å²) >= 11 is 0. The summed E-state index contributed by atoms with van der Waals surface area (Å²) in [6.07, 6.45) is 5.43. The maximum atomic E-state index is 13.1. The normalized spacial score (nSPS) is 19.5. The molecule has 1 atom stereocenters. The number of Topliss-reactive ketones (excluding diaryl/α,β-unsaturated/α-hetero) is 1. The minimum absolute atomic E-state index is 0.0976. The zero-order valence-corrected chi connectivity index (χ0v) is 16.1. The molecule has 1 aliphatic carbocycles. The molecule has 1 aliphatic heterocycles. The lowest BCUT2D eigenvalue weighted by molar-refractivity contribution is -0.116. The Kier molecular flexibility index (Phi) is 4.48. The smallest absolute Gasteiger partial charge is 0.161 e. The highest BCUT2D eigenvalue weighted by atomic mass is 16.1. The van der Waals surface area contributed by atoms with Crippen molar-refractivity contribution in [3.63, 3.8) is 0 Å². The van der Waals surface area contributed by atoms with Crippen molar-refractivity contribution in [2.24, 2.45) is 5.73 Å². The van der Waals surface area contributed by atoms with Crippen LogP contribution in [0.3, 0.4) is 0 Å². The Morgan fingerprint density at radius 1 is 1.25 bits per heavy atom. The van der Waals surface area contributed by atoms with Gasteiger partial charge >= 0.3 is 0 Å². The molecule has 0 unspecified atom stereocenters. The molecule has 0 radical (unpaired) electrons. The maximum absolute atomic E-state index is 13.1. The van der Waals surface area contributed by atoms with Gasteiger partial charge < -0.3 is 5.73 Å². The third-order valence-corrected chi connectivity index (χ3v) is 5.55. The van der Waals surface area contributed by atoms with Crippen LogP contribution in [-0.4, -0.2) is 10.8 Å². The minimum atomic E-state index is -0.415. The number of carbonyl (C=O) groups is 1. The van der Waals surface area contributed by atoms with E-state index in [1.165, 1.54) is 0 Å². The van der Waals surface area contributed by atoms with Crippen LogP contribution in [0.25, 0.3) is 0 Å². The number of carbonyl (C=O) groups excluding carboxylic acids is 1. The van der Waals surface area contributed by atoms with Crippen LogP contribution in [0.1, 0.15) is 41.9 Å². The molecular weight excluding hydrogens is 348 g/mol. The van der Waals surface area contributed by atoms with Gasteiger partial charge in [-0.2, -0.15) is 5.26 Å². The van der Waals surface area contributed by atoms with Crippen molar-refractivity contribution in [3.05, 3.63) is 82.1 Å². The molecule has 5 heteroatoms. The number of nitriles is 1. The Bertz CT molecular complexity index is 1060. The number of allylic oxidation sites excluding steroid dienone is 3. The maximum Gasteiger partial charge on any atom is 0.161 e. The van der Waals surface area contributed by atoms with Gasteiger partial charge in [0.25, 0.3) is 0 Å². The number of aryl methyl sites for hydroxylation is 2. The number of benzene rings is 1. The van der Waals surface area contributed by atoms with Crippen molar-refractivity contribution in [3.8, 4) is 6.07 Å². The Balaban J connectivity index is 1.99. The first kappa shape index (κ1) is 18.0. The molecule has 0 amide bonds. The monoisotopic (exact) mass is 370 g/mol. The highest BCUT2D eigenvalue weighted by Crippen LogP contribution is 2.46. The summed E-state index contributed by atoms with van der Waals surface area (Å²) in [6, 6.07) is 12.2. The van der Waals surface area contributed by atoms with Gasteiger partial charge in [-0.15, -0.1) is 0 Å². The molecule has 2 aliphatic rings. The van der Waals surface area contributed by atoms with Crippen LogP contribution in [-0.2, 0) is 4.79 Å². The van der Waals surface area contributed by atoms with E-state index in [-0.39, 0.29) is 5.78 Å². The molecule has 0 spiro atoms. The van der Waals surface area contributed by atoms with Gasteiger partial charge in [-0.05, 0) is 49.9 Å². The molecule has 5 nitrogen and oxygen atoms in total. The van der Waals surface area contributed by atoms with Crippen molar-refractivity contribution in [2.75, 3.05) is 4.90 Å². The average Bonchev–Trinajstić information content (AvgIpc) is 2.68. The topological polar surface area (TPSA) is 83.0 Å². The second-order valence-electron chi connectivity index (χ2n) is 7.39. The number of hydrogen-bond acceptors (Lipinski definition) is 5. The van der Waals surface area contributed by atoms with E-state index in [1.807, 2.05) is 43.0 Å². The van der Waals surface area contributed by atoms with Gasteiger partial charge in [0.05, 0.1) is 29.4 Å². The number of anilines is 1. The van der Waals surface area contributed by atoms with E-state index in [0.29, 0.717) is 23.4 Å². The van der Waals surface area contributed by atoms with Crippen LogP contribution in [0.15, 0.2) is 65.4 Å². The Hall–Kier alpha value is -3.39. The lowest BCUT2D eigenvalue weighted by Crippen LogP contribution is -2.38. The van der Waals surface area contributed by atoms with Gasteiger partial charge in [0.15, 0.2) is 5.78 Å². The molecule has 28 heavy (non-hydrogen) atoms. The van der Waals surface area contributed by atoms with Crippen molar-refractivity contribution >= 4 is 11.5 Å². The van der Waals surface area contributed by atoms with Gasteiger partial charge in [-0.3, -0.25) is 14.7 Å². The summed E-state index contributed by atoms with van der Waals surface area (Å²) in [7, 11) is 0. The largest absolute Gasteiger partial charge is 0.384 e.